The zero-order chi connectivity index (χ0) is 23.5. The molecule has 2 heterocycles. The topological polar surface area (TPSA) is 127 Å². The molecule has 0 saturated heterocycles. The van der Waals surface area contributed by atoms with E-state index in [1.807, 2.05) is 41.8 Å². The lowest BCUT2D eigenvalue weighted by Crippen LogP contribution is -2.31. The molecule has 0 fully saturated rings. The first kappa shape index (κ1) is 22.0. The predicted molar refractivity (Wildman–Crippen MR) is 125 cm³/mol. The summed E-state index contributed by atoms with van der Waals surface area (Å²) in [6, 6.07) is 18.4. The molecule has 4 aromatic rings. The number of aromatic amines is 1. The summed E-state index contributed by atoms with van der Waals surface area (Å²) in [7, 11) is 1.60. The Morgan fingerprint density at radius 3 is 2.52 bits per heavy atom. The first-order valence-electron chi connectivity index (χ1n) is 10.1. The van der Waals surface area contributed by atoms with Gasteiger partial charge in [-0.1, -0.05) is 30.3 Å². The molecule has 9 heteroatoms. The largest absolute Gasteiger partial charge is 0.497 e. The molecular formula is C24H21N5O3S. The Labute approximate surface area is 193 Å². The van der Waals surface area contributed by atoms with Gasteiger partial charge in [0, 0.05) is 28.1 Å². The molecule has 2 unspecified atom stereocenters. The molecule has 0 aliphatic rings. The molecule has 3 N–H and O–H groups in total. The van der Waals surface area contributed by atoms with Crippen molar-refractivity contribution in [3.8, 4) is 28.2 Å². The minimum Gasteiger partial charge on any atom is -0.497 e. The average Bonchev–Trinajstić information content (AvgIpc) is 3.42. The number of amides is 1. The fourth-order valence-electron chi connectivity index (χ4n) is 3.81. The number of carbonyl (C=O) groups excluding carboxylic acids is 1. The number of aromatic nitrogens is 3. The van der Waals surface area contributed by atoms with Gasteiger partial charge in [0.05, 0.1) is 18.9 Å². The van der Waals surface area contributed by atoms with Gasteiger partial charge in [0.15, 0.2) is 0 Å². The molecule has 1 amide bonds. The predicted octanol–water partition coefficient (Wildman–Crippen LogP) is 3.36. The lowest BCUT2D eigenvalue weighted by Gasteiger charge is -2.19. The maximum atomic E-state index is 13.5. The number of nitrogens with two attached hydrogens (primary N) is 1. The van der Waals surface area contributed by atoms with E-state index in [1.54, 1.807) is 38.3 Å². The summed E-state index contributed by atoms with van der Waals surface area (Å²) < 4.78 is 6.53. The summed E-state index contributed by atoms with van der Waals surface area (Å²) in [5.41, 5.74) is 8.26. The summed E-state index contributed by atoms with van der Waals surface area (Å²) in [6.45, 7) is 1.73. The standard InChI is InChI=1S/C24H21N5O3S/c1-14-20(21(18(12-25)22(26)30)16-6-4-3-5-7-16)23(31)29(28-14)24-27-19(13-33-24)15-8-10-17(32-2)11-9-15/h3-11,13,18,21,28H,1-2H3,(H2,26,30). The van der Waals surface area contributed by atoms with Crippen LogP contribution in [-0.4, -0.2) is 27.8 Å². The number of thiazole rings is 1. The molecule has 0 saturated carbocycles. The third-order valence-electron chi connectivity index (χ3n) is 5.43. The van der Waals surface area contributed by atoms with Crippen LogP contribution in [0.25, 0.3) is 16.4 Å². The highest BCUT2D eigenvalue weighted by Crippen LogP contribution is 2.32. The molecule has 0 aliphatic carbocycles. The van der Waals surface area contributed by atoms with Gasteiger partial charge in [-0.25, -0.2) is 4.98 Å². The van der Waals surface area contributed by atoms with Gasteiger partial charge in [-0.2, -0.15) is 9.94 Å². The number of carbonyl (C=O) groups is 1. The summed E-state index contributed by atoms with van der Waals surface area (Å²) in [5, 5.41) is 15.0. The van der Waals surface area contributed by atoms with Gasteiger partial charge in [-0.15, -0.1) is 11.3 Å². The quantitative estimate of drug-likeness (QED) is 0.438. The minimum absolute atomic E-state index is 0.313. The van der Waals surface area contributed by atoms with Crippen molar-refractivity contribution < 1.29 is 9.53 Å². The maximum absolute atomic E-state index is 13.5. The number of nitriles is 1. The number of rotatable bonds is 7. The molecular weight excluding hydrogens is 438 g/mol. The number of benzene rings is 2. The molecule has 0 aliphatic heterocycles. The van der Waals surface area contributed by atoms with Crippen LogP contribution in [0.4, 0.5) is 0 Å². The van der Waals surface area contributed by atoms with Gasteiger partial charge in [-0.3, -0.25) is 14.7 Å². The second-order valence-electron chi connectivity index (χ2n) is 7.43. The second kappa shape index (κ2) is 9.14. The van der Waals surface area contributed by atoms with Gasteiger partial charge in [0.1, 0.15) is 11.7 Å². The first-order valence-corrected chi connectivity index (χ1v) is 11.0. The van der Waals surface area contributed by atoms with Crippen molar-refractivity contribution in [3.05, 3.63) is 87.2 Å². The zero-order valence-corrected chi connectivity index (χ0v) is 18.8. The zero-order valence-electron chi connectivity index (χ0n) is 18.0. The number of nitrogens with zero attached hydrogens (tertiary/aromatic N) is 3. The Kier molecular flexibility index (Phi) is 6.11. The van der Waals surface area contributed by atoms with Crippen molar-refractivity contribution >= 4 is 17.2 Å². The number of hydrogen-bond donors (Lipinski definition) is 2. The van der Waals surface area contributed by atoms with E-state index >= 15 is 0 Å². The van der Waals surface area contributed by atoms with E-state index in [0.717, 1.165) is 11.3 Å². The summed E-state index contributed by atoms with van der Waals surface area (Å²) in [6.07, 6.45) is 0. The molecule has 0 bridgehead atoms. The smallest absolute Gasteiger partial charge is 0.277 e. The Morgan fingerprint density at radius 1 is 1.21 bits per heavy atom. The van der Waals surface area contributed by atoms with Gasteiger partial charge in [0.25, 0.3) is 5.56 Å². The molecule has 2 aromatic carbocycles. The van der Waals surface area contributed by atoms with Crippen molar-refractivity contribution in [3.63, 3.8) is 0 Å². The van der Waals surface area contributed by atoms with E-state index in [9.17, 15) is 14.9 Å². The van der Waals surface area contributed by atoms with Crippen molar-refractivity contribution in [1.29, 1.82) is 5.26 Å². The van der Waals surface area contributed by atoms with Crippen LogP contribution in [0.3, 0.4) is 0 Å². The number of nitrogens with one attached hydrogen (secondary N) is 1. The molecule has 2 aromatic heterocycles. The van der Waals surface area contributed by atoms with Crippen LogP contribution in [0.2, 0.25) is 0 Å². The van der Waals surface area contributed by atoms with Gasteiger partial charge >= 0.3 is 0 Å². The second-order valence-corrected chi connectivity index (χ2v) is 8.27. The first-order chi connectivity index (χ1) is 15.9. The Hall–Kier alpha value is -4.16. The summed E-state index contributed by atoms with van der Waals surface area (Å²) >= 11 is 1.30. The highest BCUT2D eigenvalue weighted by molar-refractivity contribution is 7.12. The Morgan fingerprint density at radius 2 is 1.91 bits per heavy atom. The van der Waals surface area contributed by atoms with Crippen LogP contribution < -0.4 is 16.0 Å². The average molecular weight is 460 g/mol. The van der Waals surface area contributed by atoms with Crippen LogP contribution in [0.5, 0.6) is 5.75 Å². The van der Waals surface area contributed by atoms with Gasteiger partial charge < -0.3 is 10.5 Å². The van der Waals surface area contributed by atoms with E-state index in [-0.39, 0.29) is 5.56 Å². The van der Waals surface area contributed by atoms with Crippen molar-refractivity contribution in [2.45, 2.75) is 12.8 Å². The number of H-pyrrole nitrogens is 1. The molecule has 166 valence electrons. The van der Waals surface area contributed by atoms with Crippen molar-refractivity contribution in [1.82, 2.24) is 14.8 Å². The lowest BCUT2D eigenvalue weighted by molar-refractivity contribution is -0.120. The van der Waals surface area contributed by atoms with E-state index in [4.69, 9.17) is 10.5 Å². The van der Waals surface area contributed by atoms with E-state index in [1.165, 1.54) is 16.0 Å². The lowest BCUT2D eigenvalue weighted by atomic mass is 9.81. The number of aryl methyl sites for hydroxylation is 1. The van der Waals surface area contributed by atoms with E-state index in [0.29, 0.717) is 27.6 Å². The normalized spacial score (nSPS) is 12.6. The van der Waals surface area contributed by atoms with Crippen LogP contribution in [0.15, 0.2) is 64.8 Å². The van der Waals surface area contributed by atoms with E-state index < -0.39 is 17.7 Å². The van der Waals surface area contributed by atoms with Crippen LogP contribution >= 0.6 is 11.3 Å². The molecule has 4 rings (SSSR count). The van der Waals surface area contributed by atoms with Crippen LogP contribution in [0.1, 0.15) is 22.7 Å². The number of methoxy groups -OCH3 is 1. The minimum atomic E-state index is -1.20. The Balaban J connectivity index is 1.79. The monoisotopic (exact) mass is 459 g/mol. The number of hydrogen-bond acceptors (Lipinski definition) is 6. The molecule has 0 radical (unpaired) electrons. The third-order valence-corrected chi connectivity index (χ3v) is 6.26. The summed E-state index contributed by atoms with van der Waals surface area (Å²) in [5.74, 6) is -2.05. The van der Waals surface area contributed by atoms with Crippen molar-refractivity contribution in [2.75, 3.05) is 7.11 Å². The maximum Gasteiger partial charge on any atom is 0.277 e. The van der Waals surface area contributed by atoms with E-state index in [2.05, 4.69) is 10.1 Å². The fraction of sp³-hybridized carbons (Fsp3) is 0.167. The molecule has 2 atom stereocenters. The van der Waals surface area contributed by atoms with Crippen LogP contribution in [-0.2, 0) is 4.79 Å². The Bertz CT molecular complexity index is 1380. The third kappa shape index (κ3) is 4.16. The number of ether oxygens (including phenoxy) is 1. The highest BCUT2D eigenvalue weighted by Gasteiger charge is 2.34. The molecule has 8 nitrogen and oxygen atoms in total. The van der Waals surface area contributed by atoms with Gasteiger partial charge in [0.2, 0.25) is 11.0 Å². The molecule has 33 heavy (non-hydrogen) atoms. The summed E-state index contributed by atoms with van der Waals surface area (Å²) in [4.78, 5) is 30.2. The molecule has 0 spiro atoms. The number of primary amides is 1. The van der Waals surface area contributed by atoms with Gasteiger partial charge in [-0.05, 0) is 36.8 Å². The van der Waals surface area contributed by atoms with Crippen molar-refractivity contribution in [2.24, 2.45) is 11.7 Å². The fourth-order valence-corrected chi connectivity index (χ4v) is 4.60. The highest BCUT2D eigenvalue weighted by atomic mass is 32.1. The van der Waals surface area contributed by atoms with Crippen LogP contribution in [0, 0.1) is 24.2 Å². The SMILES string of the molecule is COc1ccc(-c2csc(-n3[nH]c(C)c(C(c4ccccc4)C(C#N)C(N)=O)c3=O)n2)cc1.